The minimum Gasteiger partial charge on any atom is -0.490 e. The number of nitrogens with two attached hydrogens (primary N) is 1. The molecule has 1 fully saturated rings. The van der Waals surface area contributed by atoms with Gasteiger partial charge in [0.25, 0.3) is 0 Å². The van der Waals surface area contributed by atoms with Gasteiger partial charge in [-0.05, 0) is 43.5 Å². The lowest BCUT2D eigenvalue weighted by molar-refractivity contribution is 0.302. The number of hydrogen-bond donors (Lipinski definition) is 2. The molecule has 0 saturated heterocycles. The molecule has 1 atom stereocenters. The highest BCUT2D eigenvalue weighted by Gasteiger charge is 2.24. The van der Waals surface area contributed by atoms with E-state index in [0.717, 1.165) is 35.7 Å². The average molecular weight is 270 g/mol. The van der Waals surface area contributed by atoms with Crippen LogP contribution in [-0.2, 0) is 0 Å². The van der Waals surface area contributed by atoms with Gasteiger partial charge in [-0.3, -0.25) is 5.84 Å². The van der Waals surface area contributed by atoms with Crippen molar-refractivity contribution >= 4 is 0 Å². The molecule has 1 heterocycles. The third-order valence-corrected chi connectivity index (χ3v) is 3.28. The highest BCUT2D eigenvalue weighted by Crippen LogP contribution is 2.29. The lowest BCUT2D eigenvalue weighted by Crippen LogP contribution is -2.29. The van der Waals surface area contributed by atoms with E-state index < -0.39 is 0 Å². The number of nitrogens with one attached hydrogen (secondary N) is 1. The monoisotopic (exact) mass is 270 g/mol. The summed E-state index contributed by atoms with van der Waals surface area (Å²) in [5.41, 5.74) is 4.69. The van der Waals surface area contributed by atoms with Gasteiger partial charge in [-0.15, -0.1) is 0 Å². The van der Waals surface area contributed by atoms with Gasteiger partial charge < -0.3 is 4.74 Å². The molecule has 5 heteroatoms. The molecule has 1 aliphatic carbocycles. The third-order valence-electron chi connectivity index (χ3n) is 3.28. The first-order valence-corrected chi connectivity index (χ1v) is 6.78. The minimum atomic E-state index is -0.167. The smallest absolute Gasteiger partial charge is 0.125 e. The molecular weight excluding hydrogens is 252 g/mol. The fraction of sp³-hybridized carbons (Fsp3) is 0.333. The molecule has 3 rings (SSSR count). The number of rotatable bonds is 5. The Kier molecular flexibility index (Phi) is 3.62. The van der Waals surface area contributed by atoms with Crippen molar-refractivity contribution < 1.29 is 4.74 Å². The van der Waals surface area contributed by atoms with E-state index in [0.29, 0.717) is 6.10 Å². The van der Waals surface area contributed by atoms with Crippen molar-refractivity contribution in [1.29, 1.82) is 0 Å². The second kappa shape index (κ2) is 5.56. The van der Waals surface area contributed by atoms with Crippen LogP contribution in [0, 0.1) is 6.92 Å². The van der Waals surface area contributed by atoms with E-state index in [9.17, 15) is 0 Å². The van der Waals surface area contributed by atoms with Crippen molar-refractivity contribution in [3.05, 3.63) is 53.6 Å². The van der Waals surface area contributed by atoms with Gasteiger partial charge in [-0.25, -0.2) is 15.4 Å². The van der Waals surface area contributed by atoms with Crippen molar-refractivity contribution in [3.8, 4) is 5.75 Å². The average Bonchev–Trinajstić information content (AvgIpc) is 3.24. The van der Waals surface area contributed by atoms with Gasteiger partial charge >= 0.3 is 0 Å². The highest BCUT2D eigenvalue weighted by atomic mass is 16.5. The molecule has 1 aromatic heterocycles. The second-order valence-corrected chi connectivity index (χ2v) is 5.02. The van der Waals surface area contributed by atoms with Gasteiger partial charge in [-0.1, -0.05) is 12.1 Å². The Morgan fingerprint density at radius 1 is 1.35 bits per heavy atom. The summed E-state index contributed by atoms with van der Waals surface area (Å²) >= 11 is 0. The summed E-state index contributed by atoms with van der Waals surface area (Å²) in [6.07, 6.45) is 4.42. The van der Waals surface area contributed by atoms with Crippen LogP contribution in [0.4, 0.5) is 0 Å². The lowest BCUT2D eigenvalue weighted by atomic mass is 10.0. The van der Waals surface area contributed by atoms with Crippen LogP contribution < -0.4 is 16.0 Å². The number of aromatic nitrogens is 2. The number of hydrazine groups is 1. The third kappa shape index (κ3) is 2.95. The summed E-state index contributed by atoms with van der Waals surface area (Å²) in [6.45, 7) is 1.86. The zero-order chi connectivity index (χ0) is 13.9. The van der Waals surface area contributed by atoms with Gasteiger partial charge in [0.05, 0.1) is 17.8 Å². The Morgan fingerprint density at radius 3 is 2.90 bits per heavy atom. The number of benzene rings is 1. The van der Waals surface area contributed by atoms with E-state index in [2.05, 4.69) is 15.4 Å². The van der Waals surface area contributed by atoms with Crippen molar-refractivity contribution in [2.45, 2.75) is 31.9 Å². The Balaban J connectivity index is 1.88. The topological polar surface area (TPSA) is 73.1 Å². The van der Waals surface area contributed by atoms with Crippen LogP contribution >= 0.6 is 0 Å². The molecular formula is C15H18N4O. The fourth-order valence-corrected chi connectivity index (χ4v) is 2.13. The van der Waals surface area contributed by atoms with Crippen LogP contribution in [0.1, 0.15) is 36.0 Å². The summed E-state index contributed by atoms with van der Waals surface area (Å²) < 4.78 is 5.82. The van der Waals surface area contributed by atoms with Crippen LogP contribution in [0.5, 0.6) is 5.75 Å². The van der Waals surface area contributed by atoms with Crippen LogP contribution in [0.15, 0.2) is 36.5 Å². The van der Waals surface area contributed by atoms with Crippen molar-refractivity contribution in [2.24, 2.45) is 5.84 Å². The molecule has 0 aliphatic heterocycles. The number of aryl methyl sites for hydroxylation is 1. The number of ether oxygens (including phenoxy) is 1. The number of hydrogen-bond acceptors (Lipinski definition) is 5. The van der Waals surface area contributed by atoms with Gasteiger partial charge in [0.1, 0.15) is 11.6 Å². The van der Waals surface area contributed by atoms with Crippen molar-refractivity contribution in [2.75, 3.05) is 0 Å². The molecule has 0 spiro atoms. The summed E-state index contributed by atoms with van der Waals surface area (Å²) in [4.78, 5) is 8.54. The molecule has 5 nitrogen and oxygen atoms in total. The maximum atomic E-state index is 5.82. The van der Waals surface area contributed by atoms with Crippen LogP contribution in [-0.4, -0.2) is 16.1 Å². The summed E-state index contributed by atoms with van der Waals surface area (Å²) in [5, 5.41) is 0. The zero-order valence-electron chi connectivity index (χ0n) is 11.4. The van der Waals surface area contributed by atoms with Crippen molar-refractivity contribution in [3.63, 3.8) is 0 Å². The largest absolute Gasteiger partial charge is 0.490 e. The van der Waals surface area contributed by atoms with Gasteiger partial charge in [-0.2, -0.15) is 0 Å². The van der Waals surface area contributed by atoms with E-state index >= 15 is 0 Å². The van der Waals surface area contributed by atoms with Crippen LogP contribution in [0.3, 0.4) is 0 Å². The fourth-order valence-electron chi connectivity index (χ4n) is 2.13. The normalized spacial score (nSPS) is 15.9. The SMILES string of the molecule is Cc1nccc(C(NN)c2cccc(OC3CC3)c2)n1. The maximum Gasteiger partial charge on any atom is 0.125 e. The molecule has 3 N–H and O–H groups in total. The molecule has 1 unspecified atom stereocenters. The van der Waals surface area contributed by atoms with Crippen LogP contribution in [0.25, 0.3) is 0 Å². The molecule has 1 aliphatic rings. The molecule has 1 saturated carbocycles. The molecule has 1 aromatic carbocycles. The Bertz CT molecular complexity index is 598. The minimum absolute atomic E-state index is 0.167. The van der Waals surface area contributed by atoms with Gasteiger partial charge in [0.15, 0.2) is 0 Å². The van der Waals surface area contributed by atoms with E-state index in [1.54, 1.807) is 6.20 Å². The van der Waals surface area contributed by atoms with Crippen molar-refractivity contribution in [1.82, 2.24) is 15.4 Å². The summed E-state index contributed by atoms with van der Waals surface area (Å²) in [6, 6.07) is 9.68. The Hall–Kier alpha value is -1.98. The molecule has 2 aromatic rings. The molecule has 104 valence electrons. The summed E-state index contributed by atoms with van der Waals surface area (Å²) in [5.74, 6) is 7.31. The maximum absolute atomic E-state index is 5.82. The predicted octanol–water partition coefficient (Wildman–Crippen LogP) is 1.88. The van der Waals surface area contributed by atoms with E-state index in [1.807, 2.05) is 37.3 Å². The molecule has 0 amide bonds. The second-order valence-electron chi connectivity index (χ2n) is 5.02. The molecule has 0 bridgehead atoms. The first-order valence-electron chi connectivity index (χ1n) is 6.78. The highest BCUT2D eigenvalue weighted by molar-refractivity contribution is 5.34. The van der Waals surface area contributed by atoms with E-state index in [1.165, 1.54) is 0 Å². The quantitative estimate of drug-likeness (QED) is 0.641. The standard InChI is InChI=1S/C15H18N4O/c1-10-17-8-7-14(18-10)15(19-16)11-3-2-4-13(9-11)20-12-5-6-12/h2-4,7-9,12,15,19H,5-6,16H2,1H3. The first kappa shape index (κ1) is 13.0. The lowest BCUT2D eigenvalue weighted by Gasteiger charge is -2.17. The van der Waals surface area contributed by atoms with Gasteiger partial charge in [0.2, 0.25) is 0 Å². The van der Waals surface area contributed by atoms with E-state index in [-0.39, 0.29) is 6.04 Å². The Labute approximate surface area is 118 Å². The first-order chi connectivity index (χ1) is 9.76. The Morgan fingerprint density at radius 2 is 2.20 bits per heavy atom. The predicted molar refractivity (Wildman–Crippen MR) is 76.0 cm³/mol. The molecule has 0 radical (unpaired) electrons. The summed E-state index contributed by atoms with van der Waals surface area (Å²) in [7, 11) is 0. The number of nitrogens with zero attached hydrogens (tertiary/aromatic N) is 2. The zero-order valence-corrected chi connectivity index (χ0v) is 11.4. The van der Waals surface area contributed by atoms with E-state index in [4.69, 9.17) is 10.6 Å². The van der Waals surface area contributed by atoms with Crippen LogP contribution in [0.2, 0.25) is 0 Å². The van der Waals surface area contributed by atoms with Gasteiger partial charge in [0, 0.05) is 6.20 Å². The molecule has 20 heavy (non-hydrogen) atoms.